The van der Waals surface area contributed by atoms with Crippen LogP contribution in [0.3, 0.4) is 0 Å². The molecule has 0 radical (unpaired) electrons. The lowest BCUT2D eigenvalue weighted by atomic mass is 9.91. The second-order valence-corrected chi connectivity index (χ2v) is 8.36. The highest BCUT2D eigenvalue weighted by Gasteiger charge is 2.42. The minimum Gasteiger partial charge on any atom is -0.494 e. The number of likely N-dealkylation sites (tertiary alicyclic amines) is 1. The molecule has 27 heavy (non-hydrogen) atoms. The Morgan fingerprint density at radius 3 is 2.63 bits per heavy atom. The Morgan fingerprint density at radius 2 is 1.93 bits per heavy atom. The van der Waals surface area contributed by atoms with Gasteiger partial charge in [0, 0.05) is 20.2 Å². The van der Waals surface area contributed by atoms with Gasteiger partial charge in [0.15, 0.2) is 0 Å². The smallest absolute Gasteiger partial charge is 0.227 e. The molecule has 2 unspecified atom stereocenters. The molecule has 2 saturated heterocycles. The Morgan fingerprint density at radius 1 is 1.19 bits per heavy atom. The van der Waals surface area contributed by atoms with Crippen molar-refractivity contribution in [3.63, 3.8) is 0 Å². The Kier molecular flexibility index (Phi) is 5.98. The second kappa shape index (κ2) is 8.61. The average Bonchev–Trinajstić information content (AvgIpc) is 3.43. The molecule has 1 aliphatic carbocycles. The van der Waals surface area contributed by atoms with Crippen molar-refractivity contribution in [1.29, 1.82) is 0 Å². The third-order valence-corrected chi connectivity index (χ3v) is 6.54. The number of rotatable bonds is 8. The predicted octanol–water partition coefficient (Wildman–Crippen LogP) is 2.49. The molecule has 5 nitrogen and oxygen atoms in total. The van der Waals surface area contributed by atoms with E-state index in [1.165, 1.54) is 38.8 Å². The SMILES string of the molecule is COC1CN(C(=O)Cc2ccc(OCCC3CC3C3CCNCC3)cc2)C1. The molecule has 1 amide bonds. The zero-order chi connectivity index (χ0) is 18.6. The molecule has 3 aliphatic rings. The van der Waals surface area contributed by atoms with Crippen LogP contribution in [0.15, 0.2) is 24.3 Å². The highest BCUT2D eigenvalue weighted by Crippen LogP contribution is 2.49. The van der Waals surface area contributed by atoms with Gasteiger partial charge in [-0.05, 0) is 74.2 Å². The molecule has 2 atom stereocenters. The van der Waals surface area contributed by atoms with Crippen molar-refractivity contribution < 1.29 is 14.3 Å². The van der Waals surface area contributed by atoms with Crippen LogP contribution in [0.4, 0.5) is 0 Å². The summed E-state index contributed by atoms with van der Waals surface area (Å²) in [5, 5.41) is 3.46. The van der Waals surface area contributed by atoms with E-state index in [0.717, 1.165) is 48.8 Å². The van der Waals surface area contributed by atoms with Crippen molar-refractivity contribution in [3.8, 4) is 5.75 Å². The molecule has 3 fully saturated rings. The van der Waals surface area contributed by atoms with Crippen molar-refractivity contribution in [3.05, 3.63) is 29.8 Å². The van der Waals surface area contributed by atoms with Crippen molar-refractivity contribution in [2.45, 2.75) is 38.2 Å². The van der Waals surface area contributed by atoms with E-state index in [4.69, 9.17) is 9.47 Å². The number of carbonyl (C=O) groups is 1. The van der Waals surface area contributed by atoms with Crippen LogP contribution in [-0.2, 0) is 16.0 Å². The first-order valence-corrected chi connectivity index (χ1v) is 10.5. The maximum atomic E-state index is 12.2. The van der Waals surface area contributed by atoms with Gasteiger partial charge in [0.1, 0.15) is 5.75 Å². The number of ether oxygens (including phenoxy) is 2. The van der Waals surface area contributed by atoms with Crippen molar-refractivity contribution in [1.82, 2.24) is 10.2 Å². The van der Waals surface area contributed by atoms with Gasteiger partial charge in [-0.1, -0.05) is 12.1 Å². The lowest BCUT2D eigenvalue weighted by molar-refractivity contribution is -0.142. The molecule has 1 aromatic carbocycles. The van der Waals surface area contributed by atoms with E-state index >= 15 is 0 Å². The maximum absolute atomic E-state index is 12.2. The predicted molar refractivity (Wildman–Crippen MR) is 105 cm³/mol. The molecule has 5 heteroatoms. The quantitative estimate of drug-likeness (QED) is 0.762. The number of hydrogen-bond acceptors (Lipinski definition) is 4. The van der Waals surface area contributed by atoms with Crippen molar-refractivity contribution >= 4 is 5.91 Å². The number of methoxy groups -OCH3 is 1. The Labute approximate surface area is 162 Å². The molecule has 148 valence electrons. The summed E-state index contributed by atoms with van der Waals surface area (Å²) in [6.07, 6.45) is 5.94. The number of piperidine rings is 1. The molecule has 1 saturated carbocycles. The van der Waals surface area contributed by atoms with Gasteiger partial charge in [0.2, 0.25) is 5.91 Å². The van der Waals surface area contributed by atoms with Gasteiger partial charge in [-0.15, -0.1) is 0 Å². The van der Waals surface area contributed by atoms with E-state index in [1.807, 2.05) is 29.2 Å². The highest BCUT2D eigenvalue weighted by molar-refractivity contribution is 5.79. The van der Waals surface area contributed by atoms with Crippen LogP contribution in [0.1, 0.15) is 31.2 Å². The summed E-state index contributed by atoms with van der Waals surface area (Å²) in [6.45, 7) is 4.64. The minimum absolute atomic E-state index is 0.176. The van der Waals surface area contributed by atoms with Gasteiger partial charge in [-0.25, -0.2) is 0 Å². The number of benzene rings is 1. The van der Waals surface area contributed by atoms with E-state index in [2.05, 4.69) is 5.32 Å². The van der Waals surface area contributed by atoms with E-state index < -0.39 is 0 Å². The van der Waals surface area contributed by atoms with E-state index in [9.17, 15) is 4.79 Å². The summed E-state index contributed by atoms with van der Waals surface area (Å²) in [4.78, 5) is 14.0. The molecular formula is C22H32N2O3. The van der Waals surface area contributed by atoms with Crippen molar-refractivity contribution in [2.75, 3.05) is 39.9 Å². The molecule has 1 aromatic rings. The van der Waals surface area contributed by atoms with Gasteiger partial charge in [0.25, 0.3) is 0 Å². The summed E-state index contributed by atoms with van der Waals surface area (Å²) in [5.41, 5.74) is 1.04. The number of carbonyl (C=O) groups excluding carboxylic acids is 1. The maximum Gasteiger partial charge on any atom is 0.227 e. The lowest BCUT2D eigenvalue weighted by Crippen LogP contribution is -2.54. The van der Waals surface area contributed by atoms with Crippen LogP contribution in [0, 0.1) is 17.8 Å². The standard InChI is InChI=1S/C22H32N2O3/c1-26-20-14-24(15-20)22(25)12-16-2-4-19(5-3-16)27-11-8-18-13-21(18)17-6-9-23-10-7-17/h2-5,17-18,20-21,23H,6-15H2,1H3. The van der Waals surface area contributed by atoms with Gasteiger partial charge >= 0.3 is 0 Å². The molecule has 1 N–H and O–H groups in total. The monoisotopic (exact) mass is 372 g/mol. The van der Waals surface area contributed by atoms with E-state index in [-0.39, 0.29) is 12.0 Å². The first-order chi connectivity index (χ1) is 13.2. The number of nitrogens with zero attached hydrogens (tertiary/aromatic N) is 1. The molecule has 4 rings (SSSR count). The summed E-state index contributed by atoms with van der Waals surface area (Å²) >= 11 is 0. The van der Waals surface area contributed by atoms with Crippen LogP contribution in [0.2, 0.25) is 0 Å². The first-order valence-electron chi connectivity index (χ1n) is 10.5. The summed E-state index contributed by atoms with van der Waals surface area (Å²) in [6, 6.07) is 8.01. The Hall–Kier alpha value is -1.59. The third-order valence-electron chi connectivity index (χ3n) is 6.54. The summed E-state index contributed by atoms with van der Waals surface area (Å²) in [7, 11) is 1.70. The normalized spacial score (nSPS) is 25.9. The molecule has 0 aromatic heterocycles. The fourth-order valence-electron chi connectivity index (χ4n) is 4.56. The van der Waals surface area contributed by atoms with E-state index in [1.54, 1.807) is 7.11 Å². The average molecular weight is 373 g/mol. The third kappa shape index (κ3) is 4.82. The van der Waals surface area contributed by atoms with E-state index in [0.29, 0.717) is 6.42 Å². The van der Waals surface area contributed by atoms with Crippen LogP contribution in [0.5, 0.6) is 5.75 Å². The fourth-order valence-corrected chi connectivity index (χ4v) is 4.56. The summed E-state index contributed by atoms with van der Waals surface area (Å²) in [5.74, 6) is 3.85. The van der Waals surface area contributed by atoms with Crippen LogP contribution < -0.4 is 10.1 Å². The number of amides is 1. The molecule has 0 spiro atoms. The highest BCUT2D eigenvalue weighted by atomic mass is 16.5. The molecular weight excluding hydrogens is 340 g/mol. The molecule has 0 bridgehead atoms. The fraction of sp³-hybridized carbons (Fsp3) is 0.682. The van der Waals surface area contributed by atoms with Crippen molar-refractivity contribution in [2.24, 2.45) is 17.8 Å². The van der Waals surface area contributed by atoms with Gasteiger partial charge < -0.3 is 19.7 Å². The van der Waals surface area contributed by atoms with Gasteiger partial charge in [-0.3, -0.25) is 4.79 Å². The largest absolute Gasteiger partial charge is 0.494 e. The lowest BCUT2D eigenvalue weighted by Gasteiger charge is -2.38. The number of nitrogens with one attached hydrogen (secondary N) is 1. The first kappa shape index (κ1) is 18.8. The Balaban J connectivity index is 1.14. The molecule has 2 aliphatic heterocycles. The molecule has 2 heterocycles. The second-order valence-electron chi connectivity index (χ2n) is 8.36. The zero-order valence-corrected chi connectivity index (χ0v) is 16.4. The number of hydrogen-bond donors (Lipinski definition) is 1. The summed E-state index contributed by atoms with van der Waals surface area (Å²) < 4.78 is 11.2. The zero-order valence-electron chi connectivity index (χ0n) is 16.4. The van der Waals surface area contributed by atoms with Gasteiger partial charge in [0.05, 0.1) is 19.1 Å². The minimum atomic E-state index is 0.176. The Bertz CT molecular complexity index is 621. The van der Waals surface area contributed by atoms with Crippen LogP contribution >= 0.6 is 0 Å². The van der Waals surface area contributed by atoms with Crippen LogP contribution in [-0.4, -0.2) is 56.8 Å². The van der Waals surface area contributed by atoms with Crippen LogP contribution in [0.25, 0.3) is 0 Å². The topological polar surface area (TPSA) is 50.8 Å². The van der Waals surface area contributed by atoms with Gasteiger partial charge in [-0.2, -0.15) is 0 Å².